The van der Waals surface area contributed by atoms with Gasteiger partial charge in [-0.05, 0) is 50.7 Å². The molecule has 2 aromatic heterocycles. The van der Waals surface area contributed by atoms with Crippen molar-refractivity contribution in [3.8, 4) is 17.1 Å². The Bertz CT molecular complexity index is 927. The van der Waals surface area contributed by atoms with Gasteiger partial charge in [-0.15, -0.1) is 5.10 Å². The Hall–Kier alpha value is -1.82. The molecule has 0 radical (unpaired) electrons. The molecule has 0 spiro atoms. The molecule has 4 rings (SSSR count). The number of ether oxygens (including phenoxy) is 1. The van der Waals surface area contributed by atoms with Crippen LogP contribution in [-0.4, -0.2) is 46.2 Å². The van der Waals surface area contributed by atoms with E-state index in [1.807, 2.05) is 24.3 Å². The van der Waals surface area contributed by atoms with Gasteiger partial charge in [0.2, 0.25) is 5.88 Å². The van der Waals surface area contributed by atoms with E-state index in [0.717, 1.165) is 23.4 Å². The second-order valence-electron chi connectivity index (χ2n) is 6.79. The summed E-state index contributed by atoms with van der Waals surface area (Å²) in [5.74, 6) is 1.13. The summed E-state index contributed by atoms with van der Waals surface area (Å²) in [5, 5.41) is 5.77. The van der Waals surface area contributed by atoms with Crippen molar-refractivity contribution in [2.24, 2.45) is 5.92 Å². The molecule has 3 aromatic rings. The number of imidazole rings is 1. The van der Waals surface area contributed by atoms with Crippen molar-refractivity contribution in [3.63, 3.8) is 0 Å². The molecule has 0 bridgehead atoms. The Morgan fingerprint density at radius 3 is 2.92 bits per heavy atom. The standard InChI is InChI=1S/C19H20Cl2N4O/c1-24-8-2-3-13(11-24)12-26-19-7-6-18-22-10-17(25(18)23-19)15-5-4-14(20)9-16(15)21/h4-7,9-10,13H,2-3,8,11-12H2,1H3. The minimum Gasteiger partial charge on any atom is -0.476 e. The molecule has 1 fully saturated rings. The van der Waals surface area contributed by atoms with Gasteiger partial charge < -0.3 is 9.64 Å². The van der Waals surface area contributed by atoms with Crippen LogP contribution in [0.25, 0.3) is 16.9 Å². The summed E-state index contributed by atoms with van der Waals surface area (Å²) in [6.45, 7) is 2.91. The van der Waals surface area contributed by atoms with Crippen molar-refractivity contribution in [2.75, 3.05) is 26.7 Å². The number of benzene rings is 1. The first-order valence-electron chi connectivity index (χ1n) is 8.72. The van der Waals surface area contributed by atoms with Gasteiger partial charge in [-0.1, -0.05) is 23.2 Å². The van der Waals surface area contributed by atoms with E-state index in [1.54, 1.807) is 16.8 Å². The first kappa shape index (κ1) is 17.6. The lowest BCUT2D eigenvalue weighted by molar-refractivity contribution is 0.146. The smallest absolute Gasteiger partial charge is 0.231 e. The Kier molecular flexibility index (Phi) is 5.02. The Balaban J connectivity index is 1.58. The van der Waals surface area contributed by atoms with E-state index in [-0.39, 0.29) is 0 Å². The molecule has 26 heavy (non-hydrogen) atoms. The second kappa shape index (κ2) is 7.43. The summed E-state index contributed by atoms with van der Waals surface area (Å²) >= 11 is 12.3. The van der Waals surface area contributed by atoms with E-state index in [1.165, 1.54) is 19.4 Å². The predicted octanol–water partition coefficient (Wildman–Crippen LogP) is 4.42. The number of hydrogen-bond donors (Lipinski definition) is 0. The van der Waals surface area contributed by atoms with Crippen LogP contribution in [0.5, 0.6) is 5.88 Å². The molecule has 0 saturated carbocycles. The third-order valence-electron chi connectivity index (χ3n) is 4.73. The topological polar surface area (TPSA) is 42.7 Å². The highest BCUT2D eigenvalue weighted by molar-refractivity contribution is 6.36. The predicted molar refractivity (Wildman–Crippen MR) is 104 cm³/mol. The van der Waals surface area contributed by atoms with E-state index >= 15 is 0 Å². The van der Waals surface area contributed by atoms with Crippen molar-refractivity contribution in [1.29, 1.82) is 0 Å². The fraction of sp³-hybridized carbons (Fsp3) is 0.368. The van der Waals surface area contributed by atoms with Crippen LogP contribution in [-0.2, 0) is 0 Å². The number of piperidine rings is 1. The van der Waals surface area contributed by atoms with Gasteiger partial charge in [0.15, 0.2) is 5.65 Å². The van der Waals surface area contributed by atoms with E-state index in [2.05, 4.69) is 22.0 Å². The Morgan fingerprint density at radius 1 is 1.23 bits per heavy atom. The average Bonchev–Trinajstić information content (AvgIpc) is 3.03. The highest BCUT2D eigenvalue weighted by atomic mass is 35.5. The lowest BCUT2D eigenvalue weighted by Crippen LogP contribution is -2.34. The molecule has 1 atom stereocenters. The van der Waals surface area contributed by atoms with Gasteiger partial charge in [-0.25, -0.2) is 9.50 Å². The molecule has 1 unspecified atom stereocenters. The largest absolute Gasteiger partial charge is 0.476 e. The summed E-state index contributed by atoms with van der Waals surface area (Å²) in [6.07, 6.45) is 4.18. The van der Waals surface area contributed by atoms with Crippen LogP contribution < -0.4 is 4.74 Å². The van der Waals surface area contributed by atoms with Gasteiger partial charge >= 0.3 is 0 Å². The molecule has 1 saturated heterocycles. The number of halogens is 2. The molecule has 0 amide bonds. The maximum Gasteiger partial charge on any atom is 0.231 e. The number of hydrogen-bond acceptors (Lipinski definition) is 4. The summed E-state index contributed by atoms with van der Waals surface area (Å²) in [6, 6.07) is 9.17. The molecule has 5 nitrogen and oxygen atoms in total. The first-order chi connectivity index (χ1) is 12.6. The minimum atomic E-state index is 0.541. The zero-order chi connectivity index (χ0) is 18.1. The fourth-order valence-electron chi connectivity index (χ4n) is 3.43. The number of rotatable bonds is 4. The fourth-order valence-corrected chi connectivity index (χ4v) is 3.93. The zero-order valence-electron chi connectivity index (χ0n) is 14.5. The molecular formula is C19H20Cl2N4O. The second-order valence-corrected chi connectivity index (χ2v) is 7.63. The van der Waals surface area contributed by atoms with Crippen LogP contribution in [0.1, 0.15) is 12.8 Å². The molecular weight excluding hydrogens is 371 g/mol. The molecule has 136 valence electrons. The van der Waals surface area contributed by atoms with Gasteiger partial charge in [-0.2, -0.15) is 0 Å². The van der Waals surface area contributed by atoms with Crippen LogP contribution in [0.3, 0.4) is 0 Å². The van der Waals surface area contributed by atoms with Gasteiger partial charge in [0.05, 0.1) is 23.5 Å². The lowest BCUT2D eigenvalue weighted by atomic mass is 10.00. The first-order valence-corrected chi connectivity index (χ1v) is 9.47. The lowest BCUT2D eigenvalue weighted by Gasteiger charge is -2.29. The van der Waals surface area contributed by atoms with Crippen molar-refractivity contribution >= 4 is 28.8 Å². The number of fused-ring (bicyclic) bond motifs is 1. The van der Waals surface area contributed by atoms with E-state index in [0.29, 0.717) is 28.5 Å². The molecule has 3 heterocycles. The maximum absolute atomic E-state index is 6.35. The minimum absolute atomic E-state index is 0.541. The number of nitrogens with zero attached hydrogens (tertiary/aromatic N) is 4. The zero-order valence-corrected chi connectivity index (χ0v) is 16.0. The van der Waals surface area contributed by atoms with Crippen LogP contribution in [0, 0.1) is 5.92 Å². The molecule has 0 N–H and O–H groups in total. The van der Waals surface area contributed by atoms with Crippen LogP contribution in [0.15, 0.2) is 36.5 Å². The summed E-state index contributed by atoms with van der Waals surface area (Å²) in [4.78, 5) is 6.76. The van der Waals surface area contributed by atoms with Crippen molar-refractivity contribution < 1.29 is 4.74 Å². The number of aromatic nitrogens is 3. The molecule has 1 aliphatic rings. The van der Waals surface area contributed by atoms with E-state index < -0.39 is 0 Å². The third-order valence-corrected chi connectivity index (χ3v) is 5.28. The monoisotopic (exact) mass is 390 g/mol. The van der Waals surface area contributed by atoms with E-state index in [9.17, 15) is 0 Å². The van der Waals surface area contributed by atoms with Crippen LogP contribution in [0.2, 0.25) is 10.0 Å². The van der Waals surface area contributed by atoms with Gasteiger partial charge in [0, 0.05) is 29.1 Å². The summed E-state index contributed by atoms with van der Waals surface area (Å²) in [5.41, 5.74) is 2.39. The van der Waals surface area contributed by atoms with Crippen LogP contribution in [0.4, 0.5) is 0 Å². The van der Waals surface area contributed by atoms with Crippen molar-refractivity contribution in [1.82, 2.24) is 19.5 Å². The third kappa shape index (κ3) is 3.65. The highest BCUT2D eigenvalue weighted by Gasteiger charge is 2.18. The molecule has 1 aliphatic heterocycles. The Morgan fingerprint density at radius 2 is 2.12 bits per heavy atom. The Labute approximate surface area is 162 Å². The van der Waals surface area contributed by atoms with Gasteiger partial charge in [0.25, 0.3) is 0 Å². The molecule has 0 aliphatic carbocycles. The quantitative estimate of drug-likeness (QED) is 0.660. The SMILES string of the molecule is CN1CCCC(COc2ccc3ncc(-c4ccc(Cl)cc4Cl)n3n2)C1. The molecule has 7 heteroatoms. The van der Waals surface area contributed by atoms with Crippen molar-refractivity contribution in [3.05, 3.63) is 46.6 Å². The van der Waals surface area contributed by atoms with Gasteiger partial charge in [0.1, 0.15) is 0 Å². The average molecular weight is 391 g/mol. The number of likely N-dealkylation sites (tertiary alicyclic amines) is 1. The van der Waals surface area contributed by atoms with E-state index in [4.69, 9.17) is 27.9 Å². The maximum atomic E-state index is 6.35. The van der Waals surface area contributed by atoms with Gasteiger partial charge in [-0.3, -0.25) is 0 Å². The van der Waals surface area contributed by atoms with Crippen molar-refractivity contribution in [2.45, 2.75) is 12.8 Å². The normalized spacial score (nSPS) is 18.3. The highest BCUT2D eigenvalue weighted by Crippen LogP contribution is 2.30. The van der Waals surface area contributed by atoms with Crippen LogP contribution >= 0.6 is 23.2 Å². The molecule has 1 aromatic carbocycles. The summed E-state index contributed by atoms with van der Waals surface area (Å²) in [7, 11) is 2.16. The summed E-state index contributed by atoms with van der Waals surface area (Å²) < 4.78 is 7.73.